The van der Waals surface area contributed by atoms with Crippen molar-refractivity contribution >= 4 is 5.91 Å². The Labute approximate surface area is 90.5 Å². The Kier molecular flexibility index (Phi) is 5.60. The molecule has 1 heterocycles. The number of ether oxygens (including phenoxy) is 2. The van der Waals surface area contributed by atoms with Crippen molar-refractivity contribution in [2.75, 3.05) is 33.5 Å². The van der Waals surface area contributed by atoms with Gasteiger partial charge in [-0.1, -0.05) is 0 Å². The Morgan fingerprint density at radius 2 is 2.33 bits per heavy atom. The van der Waals surface area contributed by atoms with E-state index in [1.54, 1.807) is 7.11 Å². The van der Waals surface area contributed by atoms with Crippen LogP contribution < -0.4 is 10.6 Å². The molecule has 5 heteroatoms. The van der Waals surface area contributed by atoms with Crippen LogP contribution in [0.5, 0.6) is 0 Å². The second kappa shape index (κ2) is 6.76. The first-order valence-electron chi connectivity index (χ1n) is 5.34. The van der Waals surface area contributed by atoms with E-state index in [1.165, 1.54) is 0 Å². The van der Waals surface area contributed by atoms with Crippen LogP contribution in [0.2, 0.25) is 0 Å². The molecule has 1 amide bonds. The molecule has 88 valence electrons. The molecule has 1 atom stereocenters. The molecule has 0 aromatic heterocycles. The minimum atomic E-state index is -0.151. The first kappa shape index (κ1) is 12.4. The molecule has 1 unspecified atom stereocenters. The van der Waals surface area contributed by atoms with Gasteiger partial charge in [0, 0.05) is 20.3 Å². The average Bonchev–Trinajstić information content (AvgIpc) is 2.17. The van der Waals surface area contributed by atoms with Gasteiger partial charge < -0.3 is 14.8 Å². The molecule has 1 fully saturated rings. The number of hydrogen-bond acceptors (Lipinski definition) is 4. The second-order valence-electron chi connectivity index (χ2n) is 3.76. The zero-order valence-electron chi connectivity index (χ0n) is 9.41. The Balaban J connectivity index is 2.04. The van der Waals surface area contributed by atoms with Gasteiger partial charge in [-0.15, -0.1) is 0 Å². The van der Waals surface area contributed by atoms with Gasteiger partial charge in [0.1, 0.15) is 0 Å². The largest absolute Gasteiger partial charge is 0.385 e. The number of hydrogen-bond donors (Lipinski definition) is 2. The van der Waals surface area contributed by atoms with Crippen LogP contribution in [0.4, 0.5) is 0 Å². The highest BCUT2D eigenvalue weighted by atomic mass is 16.5. The number of rotatable bonds is 7. The minimum Gasteiger partial charge on any atom is -0.385 e. The Morgan fingerprint density at radius 3 is 2.87 bits per heavy atom. The van der Waals surface area contributed by atoms with Crippen molar-refractivity contribution in [3.05, 3.63) is 0 Å². The Hall–Kier alpha value is -0.650. The molecule has 0 aromatic carbocycles. The topological polar surface area (TPSA) is 59.6 Å². The molecule has 1 rings (SSSR count). The summed E-state index contributed by atoms with van der Waals surface area (Å²) >= 11 is 0. The Bertz CT molecular complexity index is 195. The van der Waals surface area contributed by atoms with E-state index in [2.05, 4.69) is 10.6 Å². The van der Waals surface area contributed by atoms with Gasteiger partial charge in [-0.2, -0.15) is 0 Å². The zero-order chi connectivity index (χ0) is 11.1. The van der Waals surface area contributed by atoms with Gasteiger partial charge in [0.05, 0.1) is 25.3 Å². The van der Waals surface area contributed by atoms with Crippen LogP contribution in [0.15, 0.2) is 0 Å². The Morgan fingerprint density at radius 1 is 1.60 bits per heavy atom. The van der Waals surface area contributed by atoms with E-state index in [0.717, 1.165) is 6.42 Å². The lowest BCUT2D eigenvalue weighted by Crippen LogP contribution is -2.54. The van der Waals surface area contributed by atoms with Crippen molar-refractivity contribution in [2.24, 2.45) is 0 Å². The summed E-state index contributed by atoms with van der Waals surface area (Å²) in [6.07, 6.45) is 0.849. The number of methoxy groups -OCH3 is 1. The predicted octanol–water partition coefficient (Wildman–Crippen LogP) is -0.484. The maximum absolute atomic E-state index is 11.5. The van der Waals surface area contributed by atoms with Crippen LogP contribution >= 0.6 is 0 Å². The molecule has 1 saturated heterocycles. The van der Waals surface area contributed by atoms with Gasteiger partial charge in [-0.25, -0.2) is 0 Å². The van der Waals surface area contributed by atoms with Gasteiger partial charge in [-0.05, 0) is 13.3 Å². The third kappa shape index (κ3) is 4.59. The van der Waals surface area contributed by atoms with Crippen LogP contribution in [0.3, 0.4) is 0 Å². The van der Waals surface area contributed by atoms with E-state index in [-0.39, 0.29) is 11.9 Å². The highest BCUT2D eigenvalue weighted by Gasteiger charge is 2.22. The van der Waals surface area contributed by atoms with Crippen molar-refractivity contribution in [1.82, 2.24) is 10.6 Å². The van der Waals surface area contributed by atoms with Gasteiger partial charge >= 0.3 is 0 Å². The number of carbonyl (C=O) groups is 1. The number of nitrogens with one attached hydrogen (secondary N) is 2. The highest BCUT2D eigenvalue weighted by molar-refractivity contribution is 5.81. The fraction of sp³-hybridized carbons (Fsp3) is 0.900. The number of amides is 1. The smallest absolute Gasteiger partial charge is 0.236 e. The lowest BCUT2D eigenvalue weighted by molar-refractivity contribution is -0.123. The molecule has 0 spiro atoms. The van der Waals surface area contributed by atoms with E-state index in [1.807, 2.05) is 6.92 Å². The SMILES string of the molecule is COCCCNC(=O)C(C)NC1COC1. The molecule has 2 N–H and O–H groups in total. The minimum absolute atomic E-state index is 0.0398. The zero-order valence-corrected chi connectivity index (χ0v) is 9.41. The van der Waals surface area contributed by atoms with Crippen molar-refractivity contribution < 1.29 is 14.3 Å². The summed E-state index contributed by atoms with van der Waals surface area (Å²) in [5, 5.41) is 6.04. The van der Waals surface area contributed by atoms with E-state index in [9.17, 15) is 4.79 Å². The van der Waals surface area contributed by atoms with Crippen molar-refractivity contribution in [1.29, 1.82) is 0 Å². The summed E-state index contributed by atoms with van der Waals surface area (Å²) in [5.41, 5.74) is 0. The van der Waals surface area contributed by atoms with Gasteiger partial charge in [0.25, 0.3) is 0 Å². The van der Waals surface area contributed by atoms with E-state index >= 15 is 0 Å². The first-order valence-corrected chi connectivity index (χ1v) is 5.34. The molecule has 15 heavy (non-hydrogen) atoms. The van der Waals surface area contributed by atoms with Crippen LogP contribution in [0.25, 0.3) is 0 Å². The number of carbonyl (C=O) groups excluding carboxylic acids is 1. The quantitative estimate of drug-likeness (QED) is 0.564. The van der Waals surface area contributed by atoms with E-state index in [4.69, 9.17) is 9.47 Å². The summed E-state index contributed by atoms with van der Waals surface area (Å²) in [5.74, 6) is 0.0398. The molecule has 1 aliphatic rings. The third-order valence-corrected chi connectivity index (χ3v) is 2.34. The fourth-order valence-corrected chi connectivity index (χ4v) is 1.34. The summed E-state index contributed by atoms with van der Waals surface area (Å²) in [6.45, 7) is 4.63. The second-order valence-corrected chi connectivity index (χ2v) is 3.76. The van der Waals surface area contributed by atoms with Crippen LogP contribution in [0, 0.1) is 0 Å². The highest BCUT2D eigenvalue weighted by Crippen LogP contribution is 2.00. The molecule has 0 aromatic rings. The molecular weight excluding hydrogens is 196 g/mol. The lowest BCUT2D eigenvalue weighted by Gasteiger charge is -2.29. The van der Waals surface area contributed by atoms with Crippen molar-refractivity contribution in [3.8, 4) is 0 Å². The molecule has 0 bridgehead atoms. The van der Waals surface area contributed by atoms with Gasteiger partial charge in [0.2, 0.25) is 5.91 Å². The summed E-state index contributed by atoms with van der Waals surface area (Å²) in [4.78, 5) is 11.5. The molecule has 0 aliphatic carbocycles. The van der Waals surface area contributed by atoms with E-state index < -0.39 is 0 Å². The summed E-state index contributed by atoms with van der Waals surface area (Å²) in [6, 6.07) is 0.186. The van der Waals surface area contributed by atoms with Crippen LogP contribution in [-0.2, 0) is 14.3 Å². The van der Waals surface area contributed by atoms with Crippen molar-refractivity contribution in [3.63, 3.8) is 0 Å². The average molecular weight is 216 g/mol. The lowest BCUT2D eigenvalue weighted by atomic mass is 10.2. The summed E-state index contributed by atoms with van der Waals surface area (Å²) < 4.78 is 9.91. The molecular formula is C10H20N2O3. The standard InChI is InChI=1S/C10H20N2O3/c1-8(12-9-6-15-7-9)10(13)11-4-3-5-14-2/h8-9,12H,3-7H2,1-2H3,(H,11,13). The summed E-state index contributed by atoms with van der Waals surface area (Å²) in [7, 11) is 1.66. The van der Waals surface area contributed by atoms with Crippen LogP contribution in [0.1, 0.15) is 13.3 Å². The maximum Gasteiger partial charge on any atom is 0.236 e. The maximum atomic E-state index is 11.5. The molecule has 5 nitrogen and oxygen atoms in total. The third-order valence-electron chi connectivity index (χ3n) is 2.34. The van der Waals surface area contributed by atoms with Gasteiger partial charge in [0.15, 0.2) is 0 Å². The normalized spacial score (nSPS) is 18.3. The predicted molar refractivity (Wildman–Crippen MR) is 56.7 cm³/mol. The monoisotopic (exact) mass is 216 g/mol. The van der Waals surface area contributed by atoms with E-state index in [0.29, 0.717) is 32.4 Å². The molecule has 0 radical (unpaired) electrons. The van der Waals surface area contributed by atoms with Crippen LogP contribution in [-0.4, -0.2) is 51.5 Å². The molecule has 0 saturated carbocycles. The van der Waals surface area contributed by atoms with Gasteiger partial charge in [-0.3, -0.25) is 10.1 Å². The first-order chi connectivity index (χ1) is 7.24. The molecule has 1 aliphatic heterocycles. The fourth-order valence-electron chi connectivity index (χ4n) is 1.34. The van der Waals surface area contributed by atoms with Crippen molar-refractivity contribution in [2.45, 2.75) is 25.4 Å².